The Bertz CT molecular complexity index is 1340. The van der Waals surface area contributed by atoms with Crippen molar-refractivity contribution in [1.29, 1.82) is 0 Å². The Kier molecular flexibility index (Phi) is 7.11. The number of hydrogen-bond acceptors (Lipinski definition) is 4. The van der Waals surface area contributed by atoms with Gasteiger partial charge in [0.05, 0.1) is 17.8 Å². The largest absolute Gasteiger partial charge is 0.465 e. The second-order valence-electron chi connectivity index (χ2n) is 6.92. The van der Waals surface area contributed by atoms with Gasteiger partial charge in [0.25, 0.3) is 0 Å². The summed E-state index contributed by atoms with van der Waals surface area (Å²) in [6.07, 6.45) is 0. The van der Waals surface area contributed by atoms with E-state index >= 15 is 0 Å². The quantitative estimate of drug-likeness (QED) is 0.248. The number of halogens is 4. The van der Waals surface area contributed by atoms with Crippen molar-refractivity contribution in [2.75, 3.05) is 7.11 Å². The van der Waals surface area contributed by atoms with E-state index in [9.17, 15) is 4.79 Å². The molecule has 3 aromatic carbocycles. The highest BCUT2D eigenvalue weighted by Crippen LogP contribution is 2.40. The summed E-state index contributed by atoms with van der Waals surface area (Å²) < 4.78 is 10.9. The Morgan fingerprint density at radius 2 is 1.48 bits per heavy atom. The van der Waals surface area contributed by atoms with E-state index in [1.807, 2.05) is 12.1 Å². The topological polar surface area (TPSA) is 48.4 Å². The minimum absolute atomic E-state index is 0.0443. The lowest BCUT2D eigenvalue weighted by atomic mass is 9.97. The molecule has 0 radical (unpaired) electrons. The van der Waals surface area contributed by atoms with Gasteiger partial charge in [0.2, 0.25) is 5.88 Å². The molecule has 0 aliphatic carbocycles. The number of carbonyl (C=O) groups excluding carboxylic acids is 1. The molecule has 0 N–H and O–H groups in total. The normalized spacial score (nSPS) is 10.7. The van der Waals surface area contributed by atoms with Crippen molar-refractivity contribution < 1.29 is 14.3 Å². The number of aromatic nitrogens is 1. The molecule has 8 heteroatoms. The first kappa shape index (κ1) is 23.4. The third-order valence-electron chi connectivity index (χ3n) is 4.74. The van der Waals surface area contributed by atoms with E-state index in [4.69, 9.17) is 60.9 Å². The minimum atomic E-state index is -0.608. The van der Waals surface area contributed by atoms with Crippen LogP contribution in [0.2, 0.25) is 20.1 Å². The zero-order chi connectivity index (χ0) is 23.5. The molecule has 0 spiro atoms. The molecule has 0 aliphatic heterocycles. The summed E-state index contributed by atoms with van der Waals surface area (Å²) >= 11 is 24.8. The van der Waals surface area contributed by atoms with Crippen molar-refractivity contribution in [3.05, 3.63) is 98.5 Å². The first-order valence-electron chi connectivity index (χ1n) is 9.64. The molecule has 0 unspecified atom stereocenters. The van der Waals surface area contributed by atoms with E-state index in [1.54, 1.807) is 60.7 Å². The van der Waals surface area contributed by atoms with Crippen LogP contribution in [0.15, 0.2) is 72.8 Å². The van der Waals surface area contributed by atoms with Gasteiger partial charge in [-0.25, -0.2) is 9.78 Å². The van der Waals surface area contributed by atoms with Crippen LogP contribution < -0.4 is 4.74 Å². The van der Waals surface area contributed by atoms with Gasteiger partial charge < -0.3 is 9.47 Å². The third-order valence-corrected chi connectivity index (χ3v) is 5.78. The number of ether oxygens (including phenoxy) is 2. The molecule has 0 fully saturated rings. The SMILES string of the molecule is COC(=O)c1cc(-c2ccc(Cl)cc2)c(-c2ccc(Cl)cc2Cl)nc1Oc1cccc(Cl)c1. The molecule has 0 bridgehead atoms. The number of pyridine rings is 1. The first-order valence-corrected chi connectivity index (χ1v) is 11.1. The summed E-state index contributed by atoms with van der Waals surface area (Å²) in [5, 5.41) is 1.93. The predicted molar refractivity (Wildman–Crippen MR) is 133 cm³/mol. The van der Waals surface area contributed by atoms with Crippen LogP contribution in [0, 0.1) is 0 Å². The molecule has 1 aromatic heterocycles. The Balaban J connectivity index is 1.98. The summed E-state index contributed by atoms with van der Waals surface area (Å²) in [5.41, 5.74) is 2.64. The van der Waals surface area contributed by atoms with Gasteiger partial charge in [0, 0.05) is 26.2 Å². The number of hydrogen-bond donors (Lipinski definition) is 0. The molecule has 0 aliphatic rings. The van der Waals surface area contributed by atoms with Crippen molar-refractivity contribution >= 4 is 52.4 Å². The Morgan fingerprint density at radius 1 is 0.788 bits per heavy atom. The van der Waals surface area contributed by atoms with E-state index in [2.05, 4.69) is 0 Å². The fourth-order valence-electron chi connectivity index (χ4n) is 3.21. The summed E-state index contributed by atoms with van der Waals surface area (Å²) in [5.74, 6) is -0.154. The van der Waals surface area contributed by atoms with Crippen molar-refractivity contribution in [3.63, 3.8) is 0 Å². The maximum atomic E-state index is 12.7. The van der Waals surface area contributed by atoms with E-state index in [0.717, 1.165) is 5.56 Å². The molecule has 33 heavy (non-hydrogen) atoms. The zero-order valence-corrected chi connectivity index (χ0v) is 20.1. The number of nitrogens with zero attached hydrogens (tertiary/aromatic N) is 1. The molecular weight excluding hydrogens is 504 g/mol. The van der Waals surface area contributed by atoms with Crippen LogP contribution in [0.5, 0.6) is 11.6 Å². The fraction of sp³-hybridized carbons (Fsp3) is 0.0400. The van der Waals surface area contributed by atoms with Crippen LogP contribution in [-0.2, 0) is 4.74 Å². The molecule has 4 nitrogen and oxygen atoms in total. The van der Waals surface area contributed by atoms with Crippen LogP contribution in [0.3, 0.4) is 0 Å². The van der Waals surface area contributed by atoms with Gasteiger partial charge in [-0.15, -0.1) is 0 Å². The van der Waals surface area contributed by atoms with Gasteiger partial charge in [-0.3, -0.25) is 0 Å². The minimum Gasteiger partial charge on any atom is -0.465 e. The van der Waals surface area contributed by atoms with Crippen LogP contribution in [0.4, 0.5) is 0 Å². The second kappa shape index (κ2) is 10.0. The summed E-state index contributed by atoms with van der Waals surface area (Å²) in [6, 6.07) is 20.7. The van der Waals surface area contributed by atoms with Gasteiger partial charge in [-0.05, 0) is 60.2 Å². The lowest BCUT2D eigenvalue weighted by Crippen LogP contribution is -2.07. The monoisotopic (exact) mass is 517 g/mol. The second-order valence-corrected chi connectivity index (χ2v) is 8.64. The van der Waals surface area contributed by atoms with Crippen LogP contribution in [0.1, 0.15) is 10.4 Å². The van der Waals surface area contributed by atoms with Gasteiger partial charge >= 0.3 is 5.97 Å². The number of methoxy groups -OCH3 is 1. The van der Waals surface area contributed by atoms with E-state index in [0.29, 0.717) is 42.7 Å². The van der Waals surface area contributed by atoms with Crippen LogP contribution in [0.25, 0.3) is 22.4 Å². The fourth-order valence-corrected chi connectivity index (χ4v) is 4.01. The maximum Gasteiger partial charge on any atom is 0.343 e. The molecule has 4 aromatic rings. The lowest BCUT2D eigenvalue weighted by Gasteiger charge is -2.16. The molecule has 166 valence electrons. The zero-order valence-electron chi connectivity index (χ0n) is 17.1. The molecule has 0 atom stereocenters. The van der Waals surface area contributed by atoms with Crippen molar-refractivity contribution in [3.8, 4) is 34.0 Å². The van der Waals surface area contributed by atoms with E-state index in [1.165, 1.54) is 7.11 Å². The number of carbonyl (C=O) groups is 1. The van der Waals surface area contributed by atoms with Crippen molar-refractivity contribution in [2.24, 2.45) is 0 Å². The van der Waals surface area contributed by atoms with Crippen LogP contribution >= 0.6 is 46.4 Å². The summed E-state index contributed by atoms with van der Waals surface area (Å²) in [4.78, 5) is 17.4. The highest BCUT2D eigenvalue weighted by atomic mass is 35.5. The Hall–Kier alpha value is -2.76. The molecule has 4 rings (SSSR count). The van der Waals surface area contributed by atoms with E-state index < -0.39 is 5.97 Å². The van der Waals surface area contributed by atoms with Crippen molar-refractivity contribution in [2.45, 2.75) is 0 Å². The van der Waals surface area contributed by atoms with Crippen molar-refractivity contribution in [1.82, 2.24) is 4.98 Å². The average Bonchev–Trinajstić information content (AvgIpc) is 2.79. The molecule has 0 saturated heterocycles. The van der Waals surface area contributed by atoms with E-state index in [-0.39, 0.29) is 11.4 Å². The summed E-state index contributed by atoms with van der Waals surface area (Å²) in [6.45, 7) is 0. The lowest BCUT2D eigenvalue weighted by molar-refractivity contribution is 0.0597. The number of benzene rings is 3. The van der Waals surface area contributed by atoms with Crippen LogP contribution in [-0.4, -0.2) is 18.1 Å². The smallest absolute Gasteiger partial charge is 0.343 e. The molecule has 1 heterocycles. The van der Waals surface area contributed by atoms with Gasteiger partial charge in [-0.2, -0.15) is 0 Å². The predicted octanol–water partition coefficient (Wildman–Crippen LogP) is 8.61. The number of rotatable bonds is 5. The Morgan fingerprint density at radius 3 is 2.15 bits per heavy atom. The third kappa shape index (κ3) is 5.26. The maximum absolute atomic E-state index is 12.7. The molecular formula is C25H15Cl4NO3. The van der Waals surface area contributed by atoms with Gasteiger partial charge in [0.15, 0.2) is 0 Å². The highest BCUT2D eigenvalue weighted by molar-refractivity contribution is 6.36. The average molecular weight is 519 g/mol. The highest BCUT2D eigenvalue weighted by Gasteiger charge is 2.23. The Labute approximate surface area is 210 Å². The molecule has 0 saturated carbocycles. The van der Waals surface area contributed by atoms with Gasteiger partial charge in [0.1, 0.15) is 11.3 Å². The molecule has 0 amide bonds. The summed E-state index contributed by atoms with van der Waals surface area (Å²) in [7, 11) is 1.29. The van der Waals surface area contributed by atoms with Gasteiger partial charge in [-0.1, -0.05) is 64.6 Å². The first-order chi connectivity index (χ1) is 15.9. The standard InChI is InChI=1S/C25H15Cl4NO3/c1-32-25(31)21-13-20(14-5-7-15(26)8-6-14)23(19-10-9-17(28)12-22(19)29)30-24(21)33-18-4-2-3-16(27)11-18/h2-13H,1H3. The number of esters is 1.